The van der Waals surface area contributed by atoms with E-state index in [2.05, 4.69) is 12.0 Å². The van der Waals surface area contributed by atoms with Crippen LogP contribution in [-0.2, 0) is 18.3 Å². The molecule has 0 aliphatic carbocycles. The van der Waals surface area contributed by atoms with E-state index in [9.17, 15) is 4.79 Å². The van der Waals surface area contributed by atoms with Crippen molar-refractivity contribution < 1.29 is 4.79 Å². The van der Waals surface area contributed by atoms with E-state index in [0.717, 1.165) is 35.9 Å². The summed E-state index contributed by atoms with van der Waals surface area (Å²) in [6.45, 7) is 2.87. The number of hydrogen-bond acceptors (Lipinski definition) is 3. The quantitative estimate of drug-likeness (QED) is 0.812. The fourth-order valence-electron chi connectivity index (χ4n) is 2.85. The topological polar surface area (TPSA) is 60.9 Å². The van der Waals surface area contributed by atoms with E-state index in [4.69, 9.17) is 5.73 Å². The molecule has 1 aromatic carbocycles. The lowest BCUT2D eigenvalue weighted by Crippen LogP contribution is -2.11. The molecule has 0 saturated heterocycles. The first-order chi connectivity index (χ1) is 10.2. The average Bonchev–Trinajstić information content (AvgIpc) is 2.80. The molecular weight excluding hydrogens is 262 g/mol. The number of benzene rings is 1. The third-order valence-corrected chi connectivity index (χ3v) is 4.18. The second-order valence-corrected chi connectivity index (χ2v) is 5.69. The molecule has 1 aromatic heterocycles. The smallest absolute Gasteiger partial charge is 0.138 e. The summed E-state index contributed by atoms with van der Waals surface area (Å²) in [6, 6.07) is 8.06. The third-order valence-electron chi connectivity index (χ3n) is 4.18. The molecule has 4 nitrogen and oxygen atoms in total. The summed E-state index contributed by atoms with van der Waals surface area (Å²) in [5, 5.41) is 5.57. The van der Waals surface area contributed by atoms with Gasteiger partial charge in [-0.05, 0) is 31.4 Å². The predicted molar refractivity (Wildman–Crippen MR) is 86.1 cm³/mol. The van der Waals surface area contributed by atoms with Gasteiger partial charge in [0, 0.05) is 18.9 Å². The van der Waals surface area contributed by atoms with Crippen LogP contribution in [0, 0.1) is 5.92 Å². The Morgan fingerprint density at radius 2 is 2.10 bits per heavy atom. The van der Waals surface area contributed by atoms with Gasteiger partial charge in [0.15, 0.2) is 0 Å². The highest BCUT2D eigenvalue weighted by Gasteiger charge is 2.14. The number of para-hydroxylation sites is 1. The molecule has 0 spiro atoms. The molecule has 0 saturated carbocycles. The van der Waals surface area contributed by atoms with E-state index >= 15 is 0 Å². The standard InChI is InChI=1S/C17H25N3O/c1-3-13(10-11-18)8-9-14(21)12-16-15-6-4-5-7-17(15)20(2)19-16/h4-7,13H,3,8-12,18H2,1-2H3. The van der Waals surface area contributed by atoms with Gasteiger partial charge in [0.2, 0.25) is 0 Å². The Morgan fingerprint density at radius 1 is 1.33 bits per heavy atom. The van der Waals surface area contributed by atoms with Crippen LogP contribution in [-0.4, -0.2) is 22.1 Å². The molecule has 2 rings (SSSR count). The molecule has 114 valence electrons. The Hall–Kier alpha value is -1.68. The predicted octanol–water partition coefficient (Wildman–Crippen LogP) is 2.84. The van der Waals surface area contributed by atoms with Gasteiger partial charge >= 0.3 is 0 Å². The Morgan fingerprint density at radius 3 is 2.81 bits per heavy atom. The minimum Gasteiger partial charge on any atom is -0.330 e. The van der Waals surface area contributed by atoms with E-state index < -0.39 is 0 Å². The first kappa shape index (κ1) is 15.7. The van der Waals surface area contributed by atoms with Crippen molar-refractivity contribution in [3.05, 3.63) is 30.0 Å². The van der Waals surface area contributed by atoms with E-state index in [1.54, 1.807) is 0 Å². The van der Waals surface area contributed by atoms with Crippen LogP contribution in [0.1, 0.15) is 38.3 Å². The molecule has 21 heavy (non-hydrogen) atoms. The summed E-state index contributed by atoms with van der Waals surface area (Å²) in [6.07, 6.45) is 4.11. The van der Waals surface area contributed by atoms with Gasteiger partial charge in [-0.3, -0.25) is 9.48 Å². The summed E-state index contributed by atoms with van der Waals surface area (Å²) < 4.78 is 1.85. The summed E-state index contributed by atoms with van der Waals surface area (Å²) >= 11 is 0. The van der Waals surface area contributed by atoms with E-state index in [0.29, 0.717) is 25.3 Å². The Labute approximate surface area is 126 Å². The number of aryl methyl sites for hydroxylation is 1. The number of Topliss-reactive ketones (excluding diaryl/α,β-unsaturated/α-hetero) is 1. The molecule has 0 aliphatic rings. The summed E-state index contributed by atoms with van der Waals surface area (Å²) in [7, 11) is 1.92. The van der Waals surface area contributed by atoms with Crippen molar-refractivity contribution in [1.82, 2.24) is 9.78 Å². The number of nitrogens with two attached hydrogens (primary N) is 1. The van der Waals surface area contributed by atoms with E-state index in [1.165, 1.54) is 0 Å². The normalized spacial score (nSPS) is 12.7. The Bertz CT molecular complexity index is 603. The number of aromatic nitrogens is 2. The van der Waals surface area contributed by atoms with Crippen LogP contribution >= 0.6 is 0 Å². The largest absolute Gasteiger partial charge is 0.330 e. The van der Waals surface area contributed by atoms with Gasteiger partial charge in [-0.1, -0.05) is 31.5 Å². The first-order valence-corrected chi connectivity index (χ1v) is 7.78. The minimum atomic E-state index is 0.273. The zero-order chi connectivity index (χ0) is 15.2. The number of fused-ring (bicyclic) bond motifs is 1. The van der Waals surface area contributed by atoms with Gasteiger partial charge in [0.25, 0.3) is 0 Å². The van der Waals surface area contributed by atoms with Crippen molar-refractivity contribution >= 4 is 16.7 Å². The van der Waals surface area contributed by atoms with Gasteiger partial charge in [-0.2, -0.15) is 5.10 Å². The van der Waals surface area contributed by atoms with Crippen LogP contribution in [0.3, 0.4) is 0 Å². The number of hydrogen-bond donors (Lipinski definition) is 1. The first-order valence-electron chi connectivity index (χ1n) is 7.78. The van der Waals surface area contributed by atoms with E-state index in [-0.39, 0.29) is 5.78 Å². The zero-order valence-corrected chi connectivity index (χ0v) is 13.0. The highest BCUT2D eigenvalue weighted by molar-refractivity contribution is 5.88. The second-order valence-electron chi connectivity index (χ2n) is 5.69. The van der Waals surface area contributed by atoms with Gasteiger partial charge in [0.1, 0.15) is 5.78 Å². The summed E-state index contributed by atoms with van der Waals surface area (Å²) in [4.78, 5) is 12.2. The lowest BCUT2D eigenvalue weighted by atomic mass is 9.94. The molecule has 2 aromatic rings. The SMILES string of the molecule is CCC(CCN)CCC(=O)Cc1nn(C)c2ccccc12. The summed E-state index contributed by atoms with van der Waals surface area (Å²) in [5.41, 5.74) is 7.57. The highest BCUT2D eigenvalue weighted by atomic mass is 16.1. The lowest BCUT2D eigenvalue weighted by Gasteiger charge is -2.12. The number of ketones is 1. The van der Waals surface area contributed by atoms with Crippen molar-refractivity contribution in [3.8, 4) is 0 Å². The molecular formula is C17H25N3O. The Balaban J connectivity index is 1.98. The van der Waals surface area contributed by atoms with Gasteiger partial charge in [-0.25, -0.2) is 0 Å². The maximum absolute atomic E-state index is 12.2. The van der Waals surface area contributed by atoms with Gasteiger partial charge < -0.3 is 5.73 Å². The van der Waals surface area contributed by atoms with Crippen LogP contribution in [0.15, 0.2) is 24.3 Å². The van der Waals surface area contributed by atoms with Crippen molar-refractivity contribution in [2.75, 3.05) is 6.54 Å². The molecule has 0 bridgehead atoms. The molecule has 0 fully saturated rings. The maximum Gasteiger partial charge on any atom is 0.138 e. The molecule has 0 radical (unpaired) electrons. The molecule has 2 N–H and O–H groups in total. The number of rotatable bonds is 8. The van der Waals surface area contributed by atoms with Crippen LogP contribution in [0.25, 0.3) is 10.9 Å². The van der Waals surface area contributed by atoms with Crippen LogP contribution in [0.4, 0.5) is 0 Å². The Kier molecular flexibility index (Phi) is 5.51. The summed E-state index contributed by atoms with van der Waals surface area (Å²) in [5.74, 6) is 0.841. The van der Waals surface area contributed by atoms with Crippen molar-refractivity contribution in [2.24, 2.45) is 18.7 Å². The number of carbonyl (C=O) groups is 1. The minimum absolute atomic E-state index is 0.273. The maximum atomic E-state index is 12.2. The van der Waals surface area contributed by atoms with Crippen molar-refractivity contribution in [2.45, 2.75) is 39.0 Å². The van der Waals surface area contributed by atoms with Crippen LogP contribution in [0.2, 0.25) is 0 Å². The van der Waals surface area contributed by atoms with Crippen molar-refractivity contribution in [1.29, 1.82) is 0 Å². The molecule has 0 aliphatic heterocycles. The number of nitrogens with zero attached hydrogens (tertiary/aromatic N) is 2. The molecule has 0 amide bonds. The highest BCUT2D eigenvalue weighted by Crippen LogP contribution is 2.20. The third kappa shape index (κ3) is 3.91. The van der Waals surface area contributed by atoms with Gasteiger partial charge in [0.05, 0.1) is 17.6 Å². The fourth-order valence-corrected chi connectivity index (χ4v) is 2.85. The van der Waals surface area contributed by atoms with E-state index in [1.807, 2.05) is 36.0 Å². The monoisotopic (exact) mass is 287 g/mol. The second kappa shape index (κ2) is 7.36. The van der Waals surface area contributed by atoms with Crippen LogP contribution < -0.4 is 5.73 Å². The lowest BCUT2D eigenvalue weighted by molar-refractivity contribution is -0.118. The molecule has 4 heteroatoms. The average molecular weight is 287 g/mol. The zero-order valence-electron chi connectivity index (χ0n) is 13.0. The van der Waals surface area contributed by atoms with Gasteiger partial charge in [-0.15, -0.1) is 0 Å². The van der Waals surface area contributed by atoms with Crippen molar-refractivity contribution in [3.63, 3.8) is 0 Å². The molecule has 1 unspecified atom stereocenters. The number of carbonyl (C=O) groups excluding carboxylic acids is 1. The fraction of sp³-hybridized carbons (Fsp3) is 0.529. The molecule has 1 heterocycles. The van der Waals surface area contributed by atoms with Crippen LogP contribution in [0.5, 0.6) is 0 Å². The molecule has 1 atom stereocenters.